The molecule has 21 heavy (non-hydrogen) atoms. The lowest BCUT2D eigenvalue weighted by Crippen LogP contribution is -2.13. The first-order valence-corrected chi connectivity index (χ1v) is 7.26. The number of hydrogen-bond donors (Lipinski definition) is 1. The quantitative estimate of drug-likeness (QED) is 0.715. The fourth-order valence-electron chi connectivity index (χ4n) is 2.05. The molecule has 0 saturated heterocycles. The zero-order chi connectivity index (χ0) is 15.6. The molecular weight excluding hydrogens is 343 g/mol. The van der Waals surface area contributed by atoms with Crippen molar-refractivity contribution in [3.8, 4) is 0 Å². The summed E-state index contributed by atoms with van der Waals surface area (Å²) >= 11 is 3.21. The number of anilines is 1. The van der Waals surface area contributed by atoms with E-state index in [2.05, 4.69) is 21.2 Å². The predicted molar refractivity (Wildman–Crippen MR) is 82.4 cm³/mol. The van der Waals surface area contributed by atoms with Gasteiger partial charge in [-0.05, 0) is 37.6 Å². The topological polar surface area (TPSA) is 12.0 Å². The molecule has 2 aromatic rings. The lowest BCUT2D eigenvalue weighted by atomic mass is 10.1. The van der Waals surface area contributed by atoms with Gasteiger partial charge in [0.25, 0.3) is 0 Å². The van der Waals surface area contributed by atoms with E-state index in [0.717, 1.165) is 17.2 Å². The van der Waals surface area contributed by atoms with Crippen molar-refractivity contribution in [3.05, 3.63) is 63.6 Å². The average molecular weight is 358 g/mol. The summed E-state index contributed by atoms with van der Waals surface area (Å²) in [5, 5.41) is 2.94. The Hall–Kier alpha value is -1.49. The highest BCUT2D eigenvalue weighted by Gasteiger charge is 2.33. The van der Waals surface area contributed by atoms with Crippen molar-refractivity contribution >= 4 is 21.6 Å². The van der Waals surface area contributed by atoms with Gasteiger partial charge in [0.15, 0.2) is 0 Å². The Kier molecular flexibility index (Phi) is 4.61. The fourth-order valence-corrected chi connectivity index (χ4v) is 2.42. The van der Waals surface area contributed by atoms with Crippen LogP contribution in [0.25, 0.3) is 0 Å². The van der Waals surface area contributed by atoms with Crippen LogP contribution in [0, 0.1) is 6.92 Å². The van der Waals surface area contributed by atoms with E-state index >= 15 is 0 Å². The molecule has 0 amide bonds. The van der Waals surface area contributed by atoms with Crippen molar-refractivity contribution in [1.82, 2.24) is 0 Å². The van der Waals surface area contributed by atoms with Crippen molar-refractivity contribution in [2.45, 2.75) is 26.1 Å². The van der Waals surface area contributed by atoms with Gasteiger partial charge in [0.1, 0.15) is 0 Å². The van der Waals surface area contributed by atoms with E-state index in [9.17, 15) is 13.2 Å². The molecule has 0 aliphatic carbocycles. The number of aryl methyl sites for hydroxylation is 1. The Labute approximate surface area is 130 Å². The van der Waals surface area contributed by atoms with Crippen LogP contribution in [0.4, 0.5) is 18.9 Å². The predicted octanol–water partition coefficient (Wildman–Crippen LogP) is 5.95. The number of benzene rings is 2. The maximum atomic E-state index is 13.0. The maximum Gasteiger partial charge on any atom is 0.418 e. The van der Waals surface area contributed by atoms with Gasteiger partial charge in [-0.3, -0.25) is 0 Å². The first-order chi connectivity index (χ1) is 9.77. The van der Waals surface area contributed by atoms with Crippen LogP contribution >= 0.6 is 15.9 Å². The van der Waals surface area contributed by atoms with Gasteiger partial charge in [0.2, 0.25) is 0 Å². The van der Waals surface area contributed by atoms with Crippen molar-refractivity contribution in [3.63, 3.8) is 0 Å². The first-order valence-electron chi connectivity index (χ1n) is 6.47. The van der Waals surface area contributed by atoms with Crippen LogP contribution in [0.3, 0.4) is 0 Å². The van der Waals surface area contributed by atoms with Crippen LogP contribution in [0.5, 0.6) is 0 Å². The standard InChI is InChI=1S/C16H15BrF3N/c1-10-3-5-12(6-4-10)11(2)21-15-9-13(17)7-8-14(15)16(18,19)20/h3-9,11,21H,1-2H3. The molecule has 1 unspecified atom stereocenters. The third kappa shape index (κ3) is 4.00. The van der Waals surface area contributed by atoms with E-state index in [0.29, 0.717) is 4.47 Å². The third-order valence-electron chi connectivity index (χ3n) is 3.24. The van der Waals surface area contributed by atoms with Crippen LogP contribution < -0.4 is 5.32 Å². The number of hydrogen-bond acceptors (Lipinski definition) is 1. The zero-order valence-electron chi connectivity index (χ0n) is 11.6. The van der Waals surface area contributed by atoms with Crippen molar-refractivity contribution < 1.29 is 13.2 Å². The highest BCUT2D eigenvalue weighted by atomic mass is 79.9. The summed E-state index contributed by atoms with van der Waals surface area (Å²) in [5.74, 6) is 0. The van der Waals surface area contributed by atoms with Crippen LogP contribution in [0.1, 0.15) is 29.7 Å². The van der Waals surface area contributed by atoms with Gasteiger partial charge in [-0.15, -0.1) is 0 Å². The molecule has 1 nitrogen and oxygen atoms in total. The maximum absolute atomic E-state index is 13.0. The Balaban J connectivity index is 2.30. The zero-order valence-corrected chi connectivity index (χ0v) is 13.2. The summed E-state index contributed by atoms with van der Waals surface area (Å²) < 4.78 is 39.7. The van der Waals surface area contributed by atoms with E-state index in [-0.39, 0.29) is 11.7 Å². The summed E-state index contributed by atoms with van der Waals surface area (Å²) in [6.45, 7) is 3.81. The lowest BCUT2D eigenvalue weighted by molar-refractivity contribution is -0.137. The van der Waals surface area contributed by atoms with Gasteiger partial charge in [-0.1, -0.05) is 45.8 Å². The number of halogens is 4. The lowest BCUT2D eigenvalue weighted by Gasteiger charge is -2.20. The molecule has 0 heterocycles. The number of nitrogens with one attached hydrogen (secondary N) is 1. The minimum atomic E-state index is -4.38. The van der Waals surface area contributed by atoms with Gasteiger partial charge in [0.05, 0.1) is 5.56 Å². The summed E-state index contributed by atoms with van der Waals surface area (Å²) in [7, 11) is 0. The molecule has 0 aliphatic heterocycles. The first kappa shape index (κ1) is 15.9. The van der Waals surface area contributed by atoms with Gasteiger partial charge in [-0.2, -0.15) is 13.2 Å². The molecule has 0 saturated carbocycles. The van der Waals surface area contributed by atoms with E-state index < -0.39 is 11.7 Å². The van der Waals surface area contributed by atoms with Crippen LogP contribution in [-0.2, 0) is 6.18 Å². The van der Waals surface area contributed by atoms with E-state index in [1.165, 1.54) is 12.1 Å². The number of alkyl halides is 3. The normalized spacial score (nSPS) is 13.0. The minimum Gasteiger partial charge on any atom is -0.378 e. The van der Waals surface area contributed by atoms with Crippen LogP contribution in [-0.4, -0.2) is 0 Å². The molecule has 0 bridgehead atoms. The van der Waals surface area contributed by atoms with E-state index in [1.807, 2.05) is 38.1 Å². The average Bonchev–Trinajstić information content (AvgIpc) is 2.38. The Morgan fingerprint density at radius 1 is 1.05 bits per heavy atom. The number of rotatable bonds is 3. The van der Waals surface area contributed by atoms with Gasteiger partial charge >= 0.3 is 6.18 Å². The molecule has 112 valence electrons. The van der Waals surface area contributed by atoms with Gasteiger partial charge < -0.3 is 5.32 Å². The monoisotopic (exact) mass is 357 g/mol. The van der Waals surface area contributed by atoms with Crippen molar-refractivity contribution in [2.75, 3.05) is 5.32 Å². The molecule has 0 radical (unpaired) electrons. The van der Waals surface area contributed by atoms with E-state index in [4.69, 9.17) is 0 Å². The third-order valence-corrected chi connectivity index (χ3v) is 3.73. The summed E-state index contributed by atoms with van der Waals surface area (Å²) in [4.78, 5) is 0. The second-order valence-electron chi connectivity index (χ2n) is 4.96. The molecule has 0 aromatic heterocycles. The smallest absolute Gasteiger partial charge is 0.378 e. The highest BCUT2D eigenvalue weighted by Crippen LogP contribution is 2.37. The summed E-state index contributed by atoms with van der Waals surface area (Å²) in [6, 6.07) is 11.4. The molecule has 0 spiro atoms. The highest BCUT2D eigenvalue weighted by molar-refractivity contribution is 9.10. The second kappa shape index (κ2) is 6.10. The summed E-state index contributed by atoms with van der Waals surface area (Å²) in [5.41, 5.74) is 1.47. The van der Waals surface area contributed by atoms with Crippen LogP contribution in [0.2, 0.25) is 0 Å². The molecule has 2 rings (SSSR count). The van der Waals surface area contributed by atoms with Gasteiger partial charge in [0, 0.05) is 16.2 Å². The van der Waals surface area contributed by atoms with Crippen LogP contribution in [0.15, 0.2) is 46.9 Å². The largest absolute Gasteiger partial charge is 0.418 e. The van der Waals surface area contributed by atoms with E-state index in [1.54, 1.807) is 0 Å². The molecule has 0 fully saturated rings. The molecule has 5 heteroatoms. The molecule has 0 aliphatic rings. The Morgan fingerprint density at radius 3 is 2.24 bits per heavy atom. The van der Waals surface area contributed by atoms with Crippen molar-refractivity contribution in [1.29, 1.82) is 0 Å². The SMILES string of the molecule is Cc1ccc(C(C)Nc2cc(Br)ccc2C(F)(F)F)cc1. The molecular formula is C16H15BrF3N. The van der Waals surface area contributed by atoms with Crippen molar-refractivity contribution in [2.24, 2.45) is 0 Å². The Bertz CT molecular complexity index is 620. The molecule has 1 atom stereocenters. The Morgan fingerprint density at radius 2 is 1.67 bits per heavy atom. The second-order valence-corrected chi connectivity index (χ2v) is 5.88. The molecule has 2 aromatic carbocycles. The minimum absolute atomic E-state index is 0.0740. The van der Waals surface area contributed by atoms with Gasteiger partial charge in [-0.25, -0.2) is 0 Å². The summed E-state index contributed by atoms with van der Waals surface area (Å²) in [6.07, 6.45) is -4.38. The molecule has 1 N–H and O–H groups in total. The fraction of sp³-hybridized carbons (Fsp3) is 0.250.